The third kappa shape index (κ3) is 6.01. The predicted molar refractivity (Wildman–Crippen MR) is 55.7 cm³/mol. The van der Waals surface area contributed by atoms with Gasteiger partial charge in [0, 0.05) is 12.1 Å². The van der Waals surface area contributed by atoms with E-state index in [0.29, 0.717) is 0 Å². The van der Waals surface area contributed by atoms with Gasteiger partial charge in [-0.2, -0.15) is 0 Å². The van der Waals surface area contributed by atoms with Crippen LogP contribution in [0.2, 0.25) is 0 Å². The molecule has 0 fully saturated rings. The van der Waals surface area contributed by atoms with Crippen LogP contribution in [0.3, 0.4) is 0 Å². The largest absolute Gasteiger partial charge is 0.224 e. The summed E-state index contributed by atoms with van der Waals surface area (Å²) in [5.41, 5.74) is 1.15. The molecule has 0 aromatic heterocycles. The van der Waals surface area contributed by atoms with Crippen LogP contribution in [-0.4, -0.2) is 5.71 Å². The van der Waals surface area contributed by atoms with Crippen molar-refractivity contribution in [3.63, 3.8) is 0 Å². The summed E-state index contributed by atoms with van der Waals surface area (Å²) in [5.74, 6) is 0. The maximum atomic E-state index is 4.00. The van der Waals surface area contributed by atoms with Crippen LogP contribution in [0, 0.1) is 0 Å². The first-order valence-corrected chi connectivity index (χ1v) is 4.20. The third-order valence-electron chi connectivity index (χ3n) is 0.997. The van der Waals surface area contributed by atoms with Gasteiger partial charge in [-0.3, -0.25) is 0 Å². The molecule has 0 saturated heterocycles. The molecule has 0 radical (unpaired) electrons. The van der Waals surface area contributed by atoms with Crippen molar-refractivity contribution in [3.05, 3.63) is 24.3 Å². The maximum Gasteiger partial charge on any atom is 0.0830 e. The number of rotatable bonds is 3. The SMILES string of the molecule is C/C=C/C=C/CC(C)=NI. The van der Waals surface area contributed by atoms with Crippen molar-refractivity contribution >= 4 is 28.6 Å². The van der Waals surface area contributed by atoms with E-state index in [1.54, 1.807) is 0 Å². The van der Waals surface area contributed by atoms with E-state index in [4.69, 9.17) is 0 Å². The Morgan fingerprint density at radius 2 is 2.20 bits per heavy atom. The summed E-state index contributed by atoms with van der Waals surface area (Å²) < 4.78 is 4.00. The zero-order valence-electron chi connectivity index (χ0n) is 6.34. The number of hydrogen-bond acceptors (Lipinski definition) is 1. The van der Waals surface area contributed by atoms with E-state index in [1.807, 2.05) is 54.9 Å². The van der Waals surface area contributed by atoms with Crippen LogP contribution >= 0.6 is 22.9 Å². The van der Waals surface area contributed by atoms with Crippen LogP contribution in [0.5, 0.6) is 0 Å². The van der Waals surface area contributed by atoms with Crippen LogP contribution in [0.25, 0.3) is 0 Å². The Balaban J connectivity index is 3.53. The van der Waals surface area contributed by atoms with E-state index < -0.39 is 0 Å². The monoisotopic (exact) mass is 249 g/mol. The Morgan fingerprint density at radius 3 is 2.70 bits per heavy atom. The lowest BCUT2D eigenvalue weighted by Gasteiger charge is -1.86. The minimum absolute atomic E-state index is 0.952. The first-order valence-electron chi connectivity index (χ1n) is 3.23. The second-order valence-corrected chi connectivity index (χ2v) is 2.46. The van der Waals surface area contributed by atoms with Gasteiger partial charge in [0.15, 0.2) is 0 Å². The van der Waals surface area contributed by atoms with Crippen molar-refractivity contribution < 1.29 is 0 Å². The molecule has 10 heavy (non-hydrogen) atoms. The topological polar surface area (TPSA) is 12.4 Å². The fraction of sp³-hybridized carbons (Fsp3) is 0.375. The second kappa shape index (κ2) is 6.99. The Hall–Kier alpha value is -0.120. The van der Waals surface area contributed by atoms with Crippen molar-refractivity contribution in [3.8, 4) is 0 Å². The van der Waals surface area contributed by atoms with E-state index in [2.05, 4.69) is 9.28 Å². The molecule has 2 heteroatoms. The number of allylic oxidation sites excluding steroid dienone is 4. The molecule has 0 N–H and O–H groups in total. The molecule has 1 nitrogen and oxygen atoms in total. The molecule has 0 aliphatic rings. The molecule has 0 saturated carbocycles. The van der Waals surface area contributed by atoms with Gasteiger partial charge in [-0.25, -0.2) is 3.21 Å². The Kier molecular flexibility index (Phi) is 6.91. The van der Waals surface area contributed by atoms with E-state index >= 15 is 0 Å². The minimum atomic E-state index is 0.952. The maximum absolute atomic E-state index is 4.00. The molecule has 56 valence electrons. The Labute approximate surface area is 76.4 Å². The van der Waals surface area contributed by atoms with Gasteiger partial charge in [0.25, 0.3) is 0 Å². The summed E-state index contributed by atoms with van der Waals surface area (Å²) >= 11 is 2.01. The molecule has 0 atom stereocenters. The minimum Gasteiger partial charge on any atom is -0.224 e. The van der Waals surface area contributed by atoms with Crippen LogP contribution < -0.4 is 0 Å². The first kappa shape index (κ1) is 9.88. The number of nitrogens with zero attached hydrogens (tertiary/aromatic N) is 1. The molecule has 0 amide bonds. The Morgan fingerprint density at radius 1 is 1.50 bits per heavy atom. The Bertz CT molecular complexity index is 157. The van der Waals surface area contributed by atoms with E-state index in [9.17, 15) is 0 Å². The molecule has 0 unspecified atom stereocenters. The van der Waals surface area contributed by atoms with Gasteiger partial charge in [0.05, 0.1) is 22.9 Å². The lowest BCUT2D eigenvalue weighted by molar-refractivity contribution is 1.44. The van der Waals surface area contributed by atoms with Crippen molar-refractivity contribution in [2.24, 2.45) is 3.21 Å². The standard InChI is InChI=1S/C8H12IN/c1-3-4-5-6-7-8(2)10-9/h3-6H,7H2,1-2H3/b4-3+,6-5+,10-8?. The second-order valence-electron chi connectivity index (χ2n) is 1.98. The normalized spacial score (nSPS) is 13.7. The lowest BCUT2D eigenvalue weighted by atomic mass is 10.3. The molecule has 0 heterocycles. The van der Waals surface area contributed by atoms with Gasteiger partial charge < -0.3 is 0 Å². The molecular weight excluding hydrogens is 237 g/mol. The molecule has 0 aromatic rings. The van der Waals surface area contributed by atoms with Crippen molar-refractivity contribution in [2.45, 2.75) is 20.3 Å². The highest BCUT2D eigenvalue weighted by Gasteiger charge is 1.81. The molecule has 0 bridgehead atoms. The fourth-order valence-corrected chi connectivity index (χ4v) is 0.660. The highest BCUT2D eigenvalue weighted by molar-refractivity contribution is 14.1. The van der Waals surface area contributed by atoms with Crippen LogP contribution in [0.15, 0.2) is 27.5 Å². The smallest absolute Gasteiger partial charge is 0.0830 e. The van der Waals surface area contributed by atoms with E-state index in [0.717, 1.165) is 12.1 Å². The van der Waals surface area contributed by atoms with Gasteiger partial charge in [-0.05, 0) is 13.8 Å². The summed E-state index contributed by atoms with van der Waals surface area (Å²) in [6.07, 6.45) is 9.10. The van der Waals surface area contributed by atoms with Crippen LogP contribution in [0.4, 0.5) is 0 Å². The van der Waals surface area contributed by atoms with Gasteiger partial charge in [0.2, 0.25) is 0 Å². The highest BCUT2D eigenvalue weighted by Crippen LogP contribution is 1.93. The molecule has 0 aliphatic carbocycles. The quantitative estimate of drug-likeness (QED) is 0.413. The van der Waals surface area contributed by atoms with Gasteiger partial charge in [0.1, 0.15) is 0 Å². The molecular formula is C8H12IN. The zero-order chi connectivity index (χ0) is 7.82. The third-order valence-corrected chi connectivity index (χ3v) is 1.82. The first-order chi connectivity index (χ1) is 4.81. The fourth-order valence-electron chi connectivity index (χ4n) is 0.463. The predicted octanol–water partition coefficient (Wildman–Crippen LogP) is 3.32. The van der Waals surface area contributed by atoms with Crippen molar-refractivity contribution in [1.29, 1.82) is 0 Å². The van der Waals surface area contributed by atoms with Gasteiger partial charge in [-0.1, -0.05) is 24.3 Å². The lowest BCUT2D eigenvalue weighted by Crippen LogP contribution is -1.83. The average Bonchev–Trinajstić information content (AvgIpc) is 1.98. The highest BCUT2D eigenvalue weighted by atomic mass is 127. The van der Waals surface area contributed by atoms with Crippen LogP contribution in [-0.2, 0) is 0 Å². The van der Waals surface area contributed by atoms with Crippen LogP contribution in [0.1, 0.15) is 20.3 Å². The van der Waals surface area contributed by atoms with Crippen molar-refractivity contribution in [2.75, 3.05) is 0 Å². The summed E-state index contributed by atoms with van der Waals surface area (Å²) in [7, 11) is 0. The molecule has 0 spiro atoms. The number of hydrogen-bond donors (Lipinski definition) is 0. The molecule has 0 rings (SSSR count). The average molecular weight is 249 g/mol. The summed E-state index contributed by atoms with van der Waals surface area (Å²) in [6.45, 7) is 4.02. The zero-order valence-corrected chi connectivity index (χ0v) is 8.50. The van der Waals surface area contributed by atoms with Gasteiger partial charge >= 0.3 is 0 Å². The molecule has 0 aliphatic heterocycles. The van der Waals surface area contributed by atoms with E-state index in [1.165, 1.54) is 0 Å². The summed E-state index contributed by atoms with van der Waals surface area (Å²) in [6, 6.07) is 0. The summed E-state index contributed by atoms with van der Waals surface area (Å²) in [4.78, 5) is 0. The molecule has 0 aromatic carbocycles. The summed E-state index contributed by atoms with van der Waals surface area (Å²) in [5, 5.41) is 0. The van der Waals surface area contributed by atoms with Gasteiger partial charge in [-0.15, -0.1) is 0 Å². The van der Waals surface area contributed by atoms with E-state index in [-0.39, 0.29) is 0 Å². The number of halogens is 1. The van der Waals surface area contributed by atoms with Crippen molar-refractivity contribution in [1.82, 2.24) is 0 Å².